The molecule has 1 amide bonds. The van der Waals surface area contributed by atoms with Crippen molar-refractivity contribution in [1.29, 1.82) is 0 Å². The van der Waals surface area contributed by atoms with Crippen LogP contribution in [0.15, 0.2) is 59.6 Å². The van der Waals surface area contributed by atoms with Gasteiger partial charge in [-0.15, -0.1) is 0 Å². The molecular weight excluding hydrogens is 418 g/mol. The maximum atomic E-state index is 12.5. The van der Waals surface area contributed by atoms with E-state index in [1.807, 2.05) is 18.2 Å². The second-order valence-electron chi connectivity index (χ2n) is 6.74. The summed E-state index contributed by atoms with van der Waals surface area (Å²) in [5.74, 6) is -0.748. The third kappa shape index (κ3) is 8.69. The minimum absolute atomic E-state index is 0.0469. The molecule has 0 radical (unpaired) electrons. The fourth-order valence-electron chi connectivity index (χ4n) is 2.63. The molecule has 5 N–H and O–H groups in total. The van der Waals surface area contributed by atoms with Gasteiger partial charge in [0.05, 0.1) is 4.92 Å². The standard InChI is InChI=1S/C21H25N5O6/c22-20(23)24-12-4-7-18(25-21(28)32-14-15-5-2-1-3-6-15)19(27)31-13-16-8-10-17(11-9-16)26(29)30/h1-3,5-6,8-11,18H,4,7,12-14H2,(H,25,28)(H4,22,23,24)/t18-/m1/s1. The van der Waals surface area contributed by atoms with Crippen molar-refractivity contribution in [2.75, 3.05) is 6.54 Å². The van der Waals surface area contributed by atoms with Crippen LogP contribution in [0.2, 0.25) is 0 Å². The van der Waals surface area contributed by atoms with Gasteiger partial charge >= 0.3 is 12.1 Å². The minimum atomic E-state index is -0.981. The second-order valence-corrected chi connectivity index (χ2v) is 6.74. The van der Waals surface area contributed by atoms with Crippen molar-refractivity contribution in [2.24, 2.45) is 16.5 Å². The van der Waals surface area contributed by atoms with Crippen LogP contribution in [-0.2, 0) is 27.5 Å². The molecule has 0 heterocycles. The molecule has 0 aliphatic carbocycles. The van der Waals surface area contributed by atoms with E-state index in [0.29, 0.717) is 12.0 Å². The van der Waals surface area contributed by atoms with Crippen molar-refractivity contribution in [1.82, 2.24) is 5.32 Å². The normalized spacial score (nSPS) is 11.1. The highest BCUT2D eigenvalue weighted by atomic mass is 16.6. The number of aliphatic imine (C=N–C) groups is 1. The van der Waals surface area contributed by atoms with E-state index in [9.17, 15) is 19.7 Å². The summed E-state index contributed by atoms with van der Waals surface area (Å²) < 4.78 is 10.4. The lowest BCUT2D eigenvalue weighted by atomic mass is 10.1. The minimum Gasteiger partial charge on any atom is -0.459 e. The maximum absolute atomic E-state index is 12.5. The van der Waals surface area contributed by atoms with Crippen molar-refractivity contribution >= 4 is 23.7 Å². The highest BCUT2D eigenvalue weighted by Gasteiger charge is 2.23. The molecule has 2 aromatic carbocycles. The molecule has 0 aromatic heterocycles. The lowest BCUT2D eigenvalue weighted by molar-refractivity contribution is -0.384. The van der Waals surface area contributed by atoms with Crippen LogP contribution in [0.5, 0.6) is 0 Å². The van der Waals surface area contributed by atoms with Gasteiger partial charge in [-0.05, 0) is 36.1 Å². The topological polar surface area (TPSA) is 172 Å². The first-order valence-corrected chi connectivity index (χ1v) is 9.77. The van der Waals surface area contributed by atoms with Crippen molar-refractivity contribution in [3.8, 4) is 0 Å². The van der Waals surface area contributed by atoms with E-state index < -0.39 is 23.0 Å². The van der Waals surface area contributed by atoms with Gasteiger partial charge in [0.25, 0.3) is 5.69 Å². The summed E-state index contributed by atoms with van der Waals surface area (Å²) in [5, 5.41) is 13.2. The first kappa shape index (κ1) is 24.1. The highest BCUT2D eigenvalue weighted by molar-refractivity contribution is 5.81. The first-order chi connectivity index (χ1) is 15.3. The number of rotatable bonds is 11. The van der Waals surface area contributed by atoms with Gasteiger partial charge in [0, 0.05) is 18.7 Å². The first-order valence-electron chi connectivity index (χ1n) is 9.77. The van der Waals surface area contributed by atoms with E-state index in [1.54, 1.807) is 12.1 Å². The Bertz CT molecular complexity index is 929. The number of amides is 1. The summed E-state index contributed by atoms with van der Waals surface area (Å²) in [5.41, 5.74) is 11.9. The third-order valence-corrected chi connectivity index (χ3v) is 4.26. The number of benzene rings is 2. The SMILES string of the molecule is NC(N)=NCCC[C@@H](NC(=O)OCc1ccccc1)C(=O)OCc1ccc([N+](=O)[O-])cc1. The number of nitrogens with two attached hydrogens (primary N) is 2. The molecule has 0 saturated heterocycles. The summed E-state index contributed by atoms with van der Waals surface area (Å²) in [7, 11) is 0. The van der Waals surface area contributed by atoms with Crippen LogP contribution in [0, 0.1) is 10.1 Å². The Morgan fingerprint density at radius 2 is 1.62 bits per heavy atom. The number of nitro groups is 1. The Balaban J connectivity index is 1.92. The van der Waals surface area contributed by atoms with E-state index in [4.69, 9.17) is 20.9 Å². The number of non-ortho nitro benzene ring substituents is 1. The monoisotopic (exact) mass is 443 g/mol. The molecule has 11 nitrogen and oxygen atoms in total. The lowest BCUT2D eigenvalue weighted by Crippen LogP contribution is -2.42. The summed E-state index contributed by atoms with van der Waals surface area (Å²) in [6.07, 6.45) is -0.141. The number of alkyl carbamates (subject to hydrolysis) is 1. The van der Waals surface area contributed by atoms with Gasteiger partial charge in [-0.25, -0.2) is 9.59 Å². The predicted molar refractivity (Wildman–Crippen MR) is 116 cm³/mol. The number of nitrogens with one attached hydrogen (secondary N) is 1. The average molecular weight is 443 g/mol. The van der Waals surface area contributed by atoms with Gasteiger partial charge in [-0.1, -0.05) is 30.3 Å². The zero-order valence-electron chi connectivity index (χ0n) is 17.3. The summed E-state index contributed by atoms with van der Waals surface area (Å²) in [6.45, 7) is 0.211. The van der Waals surface area contributed by atoms with Crippen LogP contribution in [-0.4, -0.2) is 35.5 Å². The smallest absolute Gasteiger partial charge is 0.408 e. The van der Waals surface area contributed by atoms with Gasteiger partial charge in [-0.2, -0.15) is 0 Å². The fourth-order valence-corrected chi connectivity index (χ4v) is 2.63. The molecule has 2 rings (SSSR count). The van der Waals surface area contributed by atoms with E-state index in [-0.39, 0.29) is 37.8 Å². The Morgan fingerprint density at radius 1 is 1.00 bits per heavy atom. The number of carbonyl (C=O) groups is 2. The molecule has 0 aliphatic rings. The Kier molecular flexibility index (Phi) is 9.44. The summed E-state index contributed by atoms with van der Waals surface area (Å²) in [4.78, 5) is 38.8. The van der Waals surface area contributed by atoms with Crippen molar-refractivity contribution in [3.63, 3.8) is 0 Å². The van der Waals surface area contributed by atoms with Gasteiger partial charge < -0.3 is 26.3 Å². The number of nitro benzene ring substituents is 1. The summed E-state index contributed by atoms with van der Waals surface area (Å²) in [6, 6.07) is 13.7. The fraction of sp³-hybridized carbons (Fsp3) is 0.286. The van der Waals surface area contributed by atoms with Crippen LogP contribution < -0.4 is 16.8 Å². The molecule has 11 heteroatoms. The van der Waals surface area contributed by atoms with Crippen LogP contribution in [0.4, 0.5) is 10.5 Å². The van der Waals surface area contributed by atoms with Crippen LogP contribution >= 0.6 is 0 Å². The lowest BCUT2D eigenvalue weighted by Gasteiger charge is -2.17. The molecule has 0 saturated carbocycles. The third-order valence-electron chi connectivity index (χ3n) is 4.26. The maximum Gasteiger partial charge on any atom is 0.408 e. The van der Waals surface area contributed by atoms with E-state index in [1.165, 1.54) is 24.3 Å². The molecule has 2 aromatic rings. The Labute approximate surface area is 184 Å². The molecule has 0 fully saturated rings. The van der Waals surface area contributed by atoms with E-state index in [2.05, 4.69) is 10.3 Å². The molecule has 0 unspecified atom stereocenters. The average Bonchev–Trinajstić information content (AvgIpc) is 2.78. The molecule has 0 spiro atoms. The Hall–Kier alpha value is -4.15. The summed E-state index contributed by atoms with van der Waals surface area (Å²) >= 11 is 0. The Morgan fingerprint density at radius 3 is 2.25 bits per heavy atom. The van der Waals surface area contributed by atoms with Gasteiger partial charge in [0.15, 0.2) is 5.96 Å². The van der Waals surface area contributed by atoms with Crippen molar-refractivity contribution in [2.45, 2.75) is 32.1 Å². The number of guanidine groups is 1. The molecular formula is C21H25N5O6. The second kappa shape index (κ2) is 12.5. The largest absolute Gasteiger partial charge is 0.459 e. The number of esters is 1. The molecule has 170 valence electrons. The van der Waals surface area contributed by atoms with Crippen LogP contribution in [0.25, 0.3) is 0 Å². The van der Waals surface area contributed by atoms with Gasteiger partial charge in [0.1, 0.15) is 19.3 Å². The number of hydrogen-bond donors (Lipinski definition) is 3. The zero-order chi connectivity index (χ0) is 23.3. The van der Waals surface area contributed by atoms with Crippen LogP contribution in [0.3, 0.4) is 0 Å². The van der Waals surface area contributed by atoms with Crippen molar-refractivity contribution in [3.05, 3.63) is 75.8 Å². The quantitative estimate of drug-likeness (QED) is 0.118. The predicted octanol–water partition coefficient (Wildman–Crippen LogP) is 1.99. The van der Waals surface area contributed by atoms with E-state index >= 15 is 0 Å². The molecule has 0 aliphatic heterocycles. The number of carbonyl (C=O) groups excluding carboxylic acids is 2. The van der Waals surface area contributed by atoms with Gasteiger partial charge in [0.2, 0.25) is 0 Å². The van der Waals surface area contributed by atoms with E-state index in [0.717, 1.165) is 5.56 Å². The van der Waals surface area contributed by atoms with Crippen LogP contribution in [0.1, 0.15) is 24.0 Å². The number of nitrogens with zero attached hydrogens (tertiary/aromatic N) is 2. The zero-order valence-corrected chi connectivity index (χ0v) is 17.3. The molecule has 0 bridgehead atoms. The number of hydrogen-bond acceptors (Lipinski definition) is 7. The van der Waals surface area contributed by atoms with Crippen molar-refractivity contribution < 1.29 is 24.0 Å². The molecule has 1 atom stereocenters. The number of ether oxygens (including phenoxy) is 2. The van der Waals surface area contributed by atoms with Gasteiger partial charge in [-0.3, -0.25) is 15.1 Å². The molecule has 32 heavy (non-hydrogen) atoms. The highest BCUT2D eigenvalue weighted by Crippen LogP contribution is 2.13.